The summed E-state index contributed by atoms with van der Waals surface area (Å²) >= 11 is 1.14. The molecule has 0 saturated carbocycles. The van der Waals surface area contributed by atoms with Gasteiger partial charge in [-0.15, -0.1) is 11.3 Å². The van der Waals surface area contributed by atoms with Crippen molar-refractivity contribution in [1.82, 2.24) is 9.62 Å². The lowest BCUT2D eigenvalue weighted by Crippen LogP contribution is -2.57. The van der Waals surface area contributed by atoms with E-state index in [9.17, 15) is 13.2 Å². The SMILES string of the molecule is COC(=O)[C@H]1CNCCN1S(=O)(=O)c1cccs1. The molecule has 100 valence electrons. The van der Waals surface area contributed by atoms with E-state index < -0.39 is 22.0 Å². The molecule has 1 aromatic rings. The smallest absolute Gasteiger partial charge is 0.325 e. The summed E-state index contributed by atoms with van der Waals surface area (Å²) in [6, 6.07) is 2.42. The van der Waals surface area contributed by atoms with Crippen molar-refractivity contribution in [1.29, 1.82) is 0 Å². The van der Waals surface area contributed by atoms with Crippen LogP contribution in [0.3, 0.4) is 0 Å². The monoisotopic (exact) mass is 290 g/mol. The van der Waals surface area contributed by atoms with E-state index in [1.807, 2.05) is 0 Å². The molecule has 0 unspecified atom stereocenters. The summed E-state index contributed by atoms with van der Waals surface area (Å²) in [7, 11) is -2.36. The molecular formula is C10H14N2O4S2. The number of sulfonamides is 1. The Kier molecular flexibility index (Phi) is 4.00. The first-order valence-electron chi connectivity index (χ1n) is 5.41. The number of rotatable bonds is 3. The summed E-state index contributed by atoms with van der Waals surface area (Å²) in [5.74, 6) is -0.540. The highest BCUT2D eigenvalue weighted by molar-refractivity contribution is 7.91. The zero-order valence-electron chi connectivity index (χ0n) is 9.83. The number of thiophene rings is 1. The van der Waals surface area contributed by atoms with E-state index in [1.54, 1.807) is 11.4 Å². The van der Waals surface area contributed by atoms with Crippen molar-refractivity contribution in [3.8, 4) is 0 Å². The number of hydrogen-bond acceptors (Lipinski definition) is 6. The van der Waals surface area contributed by atoms with Gasteiger partial charge in [0, 0.05) is 19.6 Å². The van der Waals surface area contributed by atoms with Crippen LogP contribution in [-0.2, 0) is 19.6 Å². The molecule has 0 spiro atoms. The fraction of sp³-hybridized carbons (Fsp3) is 0.500. The minimum Gasteiger partial charge on any atom is -0.468 e. The second kappa shape index (κ2) is 5.35. The molecule has 2 heterocycles. The van der Waals surface area contributed by atoms with Crippen LogP contribution in [0.1, 0.15) is 0 Å². The predicted molar refractivity (Wildman–Crippen MR) is 66.9 cm³/mol. The number of carbonyl (C=O) groups excluding carboxylic acids is 1. The quantitative estimate of drug-likeness (QED) is 0.786. The lowest BCUT2D eigenvalue weighted by molar-refractivity contribution is -0.145. The third-order valence-corrected chi connectivity index (χ3v) is 6.01. The highest BCUT2D eigenvalue weighted by Crippen LogP contribution is 2.23. The van der Waals surface area contributed by atoms with Crippen LogP contribution in [0.15, 0.2) is 21.7 Å². The van der Waals surface area contributed by atoms with Crippen LogP contribution in [0, 0.1) is 0 Å². The van der Waals surface area contributed by atoms with Gasteiger partial charge in [-0.3, -0.25) is 4.79 Å². The summed E-state index contributed by atoms with van der Waals surface area (Å²) in [5, 5.41) is 4.69. The van der Waals surface area contributed by atoms with Gasteiger partial charge in [0.25, 0.3) is 10.0 Å². The van der Waals surface area contributed by atoms with E-state index in [0.29, 0.717) is 6.54 Å². The van der Waals surface area contributed by atoms with Crippen molar-refractivity contribution < 1.29 is 17.9 Å². The fourth-order valence-electron chi connectivity index (χ4n) is 1.84. The highest BCUT2D eigenvalue weighted by atomic mass is 32.2. The van der Waals surface area contributed by atoms with Gasteiger partial charge < -0.3 is 10.1 Å². The van der Waals surface area contributed by atoms with Crippen LogP contribution in [0.25, 0.3) is 0 Å². The Morgan fingerprint density at radius 2 is 2.39 bits per heavy atom. The maximum Gasteiger partial charge on any atom is 0.325 e. The molecule has 1 atom stereocenters. The van der Waals surface area contributed by atoms with Gasteiger partial charge in [0.05, 0.1) is 7.11 Å². The minimum atomic E-state index is -3.61. The van der Waals surface area contributed by atoms with Gasteiger partial charge in [-0.05, 0) is 11.4 Å². The maximum absolute atomic E-state index is 12.4. The van der Waals surface area contributed by atoms with E-state index >= 15 is 0 Å². The van der Waals surface area contributed by atoms with Crippen LogP contribution in [0.5, 0.6) is 0 Å². The molecule has 1 saturated heterocycles. The number of nitrogens with one attached hydrogen (secondary N) is 1. The van der Waals surface area contributed by atoms with Crippen LogP contribution in [-0.4, -0.2) is 51.5 Å². The predicted octanol–water partition coefficient (Wildman–Crippen LogP) is -0.116. The molecule has 0 aliphatic carbocycles. The molecule has 0 amide bonds. The summed E-state index contributed by atoms with van der Waals surface area (Å²) in [4.78, 5) is 11.6. The number of carbonyl (C=O) groups is 1. The third-order valence-electron chi connectivity index (χ3n) is 2.73. The Balaban J connectivity index is 2.32. The first-order chi connectivity index (χ1) is 8.57. The van der Waals surface area contributed by atoms with Crippen molar-refractivity contribution in [2.45, 2.75) is 10.3 Å². The highest BCUT2D eigenvalue weighted by Gasteiger charge is 2.38. The molecule has 18 heavy (non-hydrogen) atoms. The van der Waals surface area contributed by atoms with Gasteiger partial charge in [-0.25, -0.2) is 8.42 Å². The molecule has 0 radical (unpaired) electrons. The largest absolute Gasteiger partial charge is 0.468 e. The number of ether oxygens (including phenoxy) is 1. The number of piperazine rings is 1. The molecule has 8 heteroatoms. The van der Waals surface area contributed by atoms with Crippen LogP contribution < -0.4 is 5.32 Å². The first-order valence-corrected chi connectivity index (χ1v) is 7.73. The molecule has 0 bridgehead atoms. The van der Waals surface area contributed by atoms with Crippen LogP contribution in [0.4, 0.5) is 0 Å². The Morgan fingerprint density at radius 1 is 1.61 bits per heavy atom. The Labute approximate surface area is 110 Å². The van der Waals surface area contributed by atoms with Gasteiger partial charge in [0.1, 0.15) is 10.3 Å². The summed E-state index contributed by atoms with van der Waals surface area (Å²) in [6.07, 6.45) is 0. The average molecular weight is 290 g/mol. The summed E-state index contributed by atoms with van der Waals surface area (Å²) < 4.78 is 30.9. The Bertz CT molecular complexity index is 512. The molecule has 1 aliphatic heterocycles. The topological polar surface area (TPSA) is 75.7 Å². The van der Waals surface area contributed by atoms with E-state index in [0.717, 1.165) is 11.3 Å². The molecule has 6 nitrogen and oxygen atoms in total. The summed E-state index contributed by atoms with van der Waals surface area (Å²) in [5.41, 5.74) is 0. The Hall–Kier alpha value is -0.960. The molecule has 1 fully saturated rings. The number of esters is 1. The fourth-order valence-corrected chi connectivity index (χ4v) is 4.53. The molecule has 1 aliphatic rings. The lowest BCUT2D eigenvalue weighted by Gasteiger charge is -2.32. The van der Waals surface area contributed by atoms with Gasteiger partial charge in [-0.1, -0.05) is 6.07 Å². The average Bonchev–Trinajstić information content (AvgIpc) is 2.92. The zero-order chi connectivity index (χ0) is 13.2. The second-order valence-electron chi connectivity index (χ2n) is 3.79. The van der Waals surface area contributed by atoms with Crippen LogP contribution >= 0.6 is 11.3 Å². The Morgan fingerprint density at radius 3 is 3.00 bits per heavy atom. The molecule has 0 aromatic carbocycles. The van der Waals surface area contributed by atoms with E-state index in [4.69, 9.17) is 0 Å². The van der Waals surface area contributed by atoms with E-state index in [1.165, 1.54) is 17.5 Å². The molecule has 1 aromatic heterocycles. The van der Waals surface area contributed by atoms with Crippen LogP contribution in [0.2, 0.25) is 0 Å². The van der Waals surface area contributed by atoms with Gasteiger partial charge in [-0.2, -0.15) is 4.31 Å². The minimum absolute atomic E-state index is 0.248. The van der Waals surface area contributed by atoms with E-state index in [-0.39, 0.29) is 17.3 Å². The van der Waals surface area contributed by atoms with Crippen molar-refractivity contribution >= 4 is 27.3 Å². The van der Waals surface area contributed by atoms with Gasteiger partial charge in [0.15, 0.2) is 0 Å². The molecular weight excluding hydrogens is 276 g/mol. The number of methoxy groups -OCH3 is 1. The van der Waals surface area contributed by atoms with Crippen molar-refractivity contribution in [2.75, 3.05) is 26.7 Å². The van der Waals surface area contributed by atoms with Gasteiger partial charge >= 0.3 is 5.97 Å². The summed E-state index contributed by atoms with van der Waals surface area (Å²) in [6.45, 7) is 1.06. The third kappa shape index (κ3) is 2.41. The first kappa shape index (κ1) is 13.5. The standard InChI is InChI=1S/C10H14N2O4S2/c1-16-10(13)8-7-11-4-5-12(8)18(14,15)9-3-2-6-17-9/h2-3,6,8,11H,4-5,7H2,1H3/t8-/m1/s1. The van der Waals surface area contributed by atoms with Crippen molar-refractivity contribution in [3.05, 3.63) is 17.5 Å². The molecule has 2 rings (SSSR count). The second-order valence-corrected chi connectivity index (χ2v) is 6.86. The lowest BCUT2D eigenvalue weighted by atomic mass is 10.2. The van der Waals surface area contributed by atoms with Crippen molar-refractivity contribution in [2.24, 2.45) is 0 Å². The van der Waals surface area contributed by atoms with Gasteiger partial charge in [0.2, 0.25) is 0 Å². The number of hydrogen-bond donors (Lipinski definition) is 1. The van der Waals surface area contributed by atoms with Crippen molar-refractivity contribution in [3.63, 3.8) is 0 Å². The molecule has 1 N–H and O–H groups in total. The van der Waals surface area contributed by atoms with E-state index in [2.05, 4.69) is 10.1 Å². The number of nitrogens with zero attached hydrogens (tertiary/aromatic N) is 1. The zero-order valence-corrected chi connectivity index (χ0v) is 11.5. The normalized spacial score (nSPS) is 21.7. The maximum atomic E-state index is 12.4.